The quantitative estimate of drug-likeness (QED) is 0.490. The number of nitrogens with one attached hydrogen (secondary N) is 1. The lowest BCUT2D eigenvalue weighted by molar-refractivity contribution is 0.0787. The lowest BCUT2D eigenvalue weighted by atomic mass is 9.88. The number of primary amides is 1. The second-order valence-corrected chi connectivity index (χ2v) is 10.3. The highest BCUT2D eigenvalue weighted by atomic mass is 32.2. The van der Waals surface area contributed by atoms with E-state index in [0.717, 1.165) is 36.4 Å². The fourth-order valence-electron chi connectivity index (χ4n) is 3.81. The van der Waals surface area contributed by atoms with Gasteiger partial charge in [0, 0.05) is 33.5 Å². The maximum atomic E-state index is 11.0. The highest BCUT2D eigenvalue weighted by molar-refractivity contribution is 8.00. The van der Waals surface area contributed by atoms with Crippen molar-refractivity contribution in [2.24, 2.45) is 5.73 Å². The van der Waals surface area contributed by atoms with Crippen molar-refractivity contribution in [3.05, 3.63) is 35.8 Å². The molecule has 162 valence electrons. The predicted molar refractivity (Wildman–Crippen MR) is 120 cm³/mol. The molecule has 2 aromatic heterocycles. The molecule has 1 aromatic carbocycles. The number of thiazole rings is 1. The second-order valence-electron chi connectivity index (χ2n) is 7.87. The minimum absolute atomic E-state index is 0.0615. The number of hydrogen-bond acceptors (Lipinski definition) is 9. The predicted octanol–water partition coefficient (Wildman–Crippen LogP) is 5.31. The fourth-order valence-corrected chi connectivity index (χ4v) is 6.23. The van der Waals surface area contributed by atoms with Gasteiger partial charge in [-0.15, -0.1) is 28.2 Å². The van der Waals surface area contributed by atoms with Crippen LogP contribution in [0.5, 0.6) is 0 Å². The van der Waals surface area contributed by atoms with E-state index in [-0.39, 0.29) is 6.10 Å². The van der Waals surface area contributed by atoms with E-state index in [4.69, 9.17) is 19.9 Å². The van der Waals surface area contributed by atoms with E-state index in [1.807, 2.05) is 24.0 Å². The van der Waals surface area contributed by atoms with E-state index in [2.05, 4.69) is 27.6 Å². The lowest BCUT2D eigenvalue weighted by Crippen LogP contribution is -2.26. The van der Waals surface area contributed by atoms with Crippen molar-refractivity contribution in [2.75, 3.05) is 5.32 Å². The van der Waals surface area contributed by atoms with Gasteiger partial charge in [0.05, 0.1) is 9.88 Å². The van der Waals surface area contributed by atoms with E-state index < -0.39 is 6.09 Å². The fraction of sp³-hybridized carbons (Fsp3) is 0.429. The first-order chi connectivity index (χ1) is 15.1. The number of amides is 1. The summed E-state index contributed by atoms with van der Waals surface area (Å²) >= 11 is 3.68. The van der Waals surface area contributed by atoms with Crippen LogP contribution in [-0.2, 0) is 4.74 Å². The van der Waals surface area contributed by atoms with Crippen molar-refractivity contribution in [1.82, 2.24) is 15.2 Å². The van der Waals surface area contributed by atoms with Gasteiger partial charge in [-0.3, -0.25) is 0 Å². The number of carbonyl (C=O) groups excluding carboxylic acids is 1. The Morgan fingerprint density at radius 2 is 2.06 bits per heavy atom. The molecule has 3 aromatic rings. The zero-order chi connectivity index (χ0) is 21.2. The van der Waals surface area contributed by atoms with Crippen molar-refractivity contribution >= 4 is 40.9 Å². The molecule has 31 heavy (non-hydrogen) atoms. The highest BCUT2D eigenvalue weighted by Gasteiger charge is 2.28. The van der Waals surface area contributed by atoms with Gasteiger partial charge in [0.15, 0.2) is 0 Å². The number of rotatable bonds is 7. The summed E-state index contributed by atoms with van der Waals surface area (Å²) in [6, 6.07) is 6.70. The summed E-state index contributed by atoms with van der Waals surface area (Å²) in [6.07, 6.45) is 8.66. The molecule has 0 bridgehead atoms. The Kier molecular flexibility index (Phi) is 5.82. The van der Waals surface area contributed by atoms with Gasteiger partial charge in [-0.25, -0.2) is 9.78 Å². The number of thioether (sulfide) groups is 1. The summed E-state index contributed by atoms with van der Waals surface area (Å²) in [5.41, 5.74) is 7.28. The minimum Gasteiger partial charge on any atom is -0.446 e. The third-order valence-corrected chi connectivity index (χ3v) is 8.10. The van der Waals surface area contributed by atoms with Gasteiger partial charge >= 0.3 is 12.1 Å². The average Bonchev–Trinajstić information content (AvgIpc) is 3.21. The molecule has 5 rings (SSSR count). The van der Waals surface area contributed by atoms with Crippen LogP contribution in [0.2, 0.25) is 0 Å². The smallest absolute Gasteiger partial charge is 0.404 e. The molecule has 0 aliphatic heterocycles. The van der Waals surface area contributed by atoms with Gasteiger partial charge in [0.2, 0.25) is 6.39 Å². The topological polar surface area (TPSA) is 116 Å². The Bertz CT molecular complexity index is 1040. The Labute approximate surface area is 188 Å². The van der Waals surface area contributed by atoms with E-state index in [0.29, 0.717) is 17.2 Å². The number of ether oxygens (including phenoxy) is 1. The van der Waals surface area contributed by atoms with Crippen LogP contribution in [0.3, 0.4) is 0 Å². The monoisotopic (exact) mass is 457 g/mol. The number of hydrogen-bond donors (Lipinski definition) is 2. The molecule has 0 spiro atoms. The van der Waals surface area contributed by atoms with Crippen molar-refractivity contribution in [3.63, 3.8) is 0 Å². The zero-order valence-corrected chi connectivity index (χ0v) is 18.5. The Balaban J connectivity index is 1.33. The third kappa shape index (κ3) is 5.01. The molecule has 2 aliphatic carbocycles. The van der Waals surface area contributed by atoms with Crippen molar-refractivity contribution in [1.29, 1.82) is 0 Å². The van der Waals surface area contributed by atoms with E-state index in [1.165, 1.54) is 34.6 Å². The number of aromatic nitrogens is 3. The van der Waals surface area contributed by atoms with Crippen LogP contribution in [-0.4, -0.2) is 32.6 Å². The van der Waals surface area contributed by atoms with E-state index >= 15 is 0 Å². The molecular weight excluding hydrogens is 434 g/mol. The van der Waals surface area contributed by atoms with Gasteiger partial charge in [-0.2, -0.15) is 0 Å². The van der Waals surface area contributed by atoms with Crippen LogP contribution >= 0.6 is 23.1 Å². The van der Waals surface area contributed by atoms with Crippen LogP contribution in [0.15, 0.2) is 40.1 Å². The maximum Gasteiger partial charge on any atom is 0.404 e. The first-order valence-electron chi connectivity index (χ1n) is 10.4. The first kappa shape index (κ1) is 20.3. The molecule has 2 fully saturated rings. The maximum absolute atomic E-state index is 11.0. The third-order valence-electron chi connectivity index (χ3n) is 5.51. The molecule has 0 unspecified atom stereocenters. The molecule has 0 radical (unpaired) electrons. The molecule has 0 saturated heterocycles. The Morgan fingerprint density at radius 1 is 1.23 bits per heavy atom. The van der Waals surface area contributed by atoms with Crippen LogP contribution in [0.1, 0.15) is 49.5 Å². The molecule has 8 nitrogen and oxygen atoms in total. The summed E-state index contributed by atoms with van der Waals surface area (Å²) in [6.45, 7) is 0. The summed E-state index contributed by atoms with van der Waals surface area (Å²) in [4.78, 5) is 18.1. The number of carbonyl (C=O) groups is 1. The lowest BCUT2D eigenvalue weighted by Gasteiger charge is -2.26. The van der Waals surface area contributed by atoms with Crippen molar-refractivity contribution < 1.29 is 13.9 Å². The standard InChI is InChI=1S/C21H23N5O3S2/c22-20(27)29-14-4-1-12(2-5-14)19-23-10-18(31-19)16-8-3-13(25-21-26-24-11-28-21)9-17(16)30-15-6-7-15/h3,8-12,14-15H,1-2,4-7H2,(H2,22,27)(H,25,26). The summed E-state index contributed by atoms with van der Waals surface area (Å²) < 4.78 is 10.4. The molecule has 10 heteroatoms. The van der Waals surface area contributed by atoms with Gasteiger partial charge in [-0.1, -0.05) is 11.2 Å². The van der Waals surface area contributed by atoms with Gasteiger partial charge < -0.3 is 20.2 Å². The number of nitrogens with zero attached hydrogens (tertiary/aromatic N) is 3. The zero-order valence-electron chi connectivity index (χ0n) is 16.8. The van der Waals surface area contributed by atoms with Crippen LogP contribution in [0, 0.1) is 0 Å². The molecule has 2 aliphatic rings. The number of nitrogens with two attached hydrogens (primary N) is 1. The molecule has 2 saturated carbocycles. The number of anilines is 2. The van der Waals surface area contributed by atoms with Crippen LogP contribution in [0.4, 0.5) is 16.5 Å². The van der Waals surface area contributed by atoms with Crippen molar-refractivity contribution in [2.45, 2.75) is 60.7 Å². The van der Waals surface area contributed by atoms with Crippen molar-refractivity contribution in [3.8, 4) is 10.4 Å². The number of benzene rings is 1. The van der Waals surface area contributed by atoms with E-state index in [9.17, 15) is 4.79 Å². The van der Waals surface area contributed by atoms with Gasteiger partial charge in [0.1, 0.15) is 6.10 Å². The molecule has 2 heterocycles. The normalized spacial score (nSPS) is 21.0. The SMILES string of the molecule is NC(=O)OC1CCC(c2ncc(-c3ccc(Nc4nnco4)cc3SC3CC3)s2)CC1. The summed E-state index contributed by atoms with van der Waals surface area (Å²) in [5, 5.41) is 12.6. The highest BCUT2D eigenvalue weighted by Crippen LogP contribution is 2.46. The van der Waals surface area contributed by atoms with E-state index in [1.54, 1.807) is 11.3 Å². The molecular formula is C21H23N5O3S2. The largest absolute Gasteiger partial charge is 0.446 e. The Morgan fingerprint density at radius 3 is 2.77 bits per heavy atom. The van der Waals surface area contributed by atoms with Crippen LogP contribution in [0.25, 0.3) is 10.4 Å². The first-order valence-corrected chi connectivity index (χ1v) is 12.1. The molecule has 0 atom stereocenters. The average molecular weight is 458 g/mol. The minimum atomic E-state index is -0.683. The molecule has 1 amide bonds. The van der Waals surface area contributed by atoms with Gasteiger partial charge in [-0.05, 0) is 50.7 Å². The summed E-state index contributed by atoms with van der Waals surface area (Å²) in [7, 11) is 0. The summed E-state index contributed by atoms with van der Waals surface area (Å²) in [5.74, 6) is 0.407. The van der Waals surface area contributed by atoms with Crippen LogP contribution < -0.4 is 11.1 Å². The molecule has 3 N–H and O–H groups in total. The Hall–Kier alpha value is -2.59. The van der Waals surface area contributed by atoms with Gasteiger partial charge in [0.25, 0.3) is 0 Å². The second kappa shape index (κ2) is 8.88.